The van der Waals surface area contributed by atoms with E-state index in [4.69, 9.17) is 11.6 Å². The summed E-state index contributed by atoms with van der Waals surface area (Å²) in [4.78, 5) is 8.67. The second-order valence-electron chi connectivity index (χ2n) is 4.31. The van der Waals surface area contributed by atoms with Crippen LogP contribution in [0.15, 0.2) is 24.4 Å². The van der Waals surface area contributed by atoms with Crippen LogP contribution < -0.4 is 10.6 Å². The summed E-state index contributed by atoms with van der Waals surface area (Å²) in [6, 6.07) is 4.38. The minimum atomic E-state index is -0.466. The Morgan fingerprint density at radius 3 is 2.95 bits per heavy atom. The van der Waals surface area contributed by atoms with Crippen molar-refractivity contribution in [1.82, 2.24) is 20.2 Å². The van der Waals surface area contributed by atoms with Gasteiger partial charge in [-0.3, -0.25) is 5.10 Å². The highest BCUT2D eigenvalue weighted by Crippen LogP contribution is 2.26. The summed E-state index contributed by atoms with van der Waals surface area (Å²) in [5.74, 6) is 0.573. The molecule has 0 unspecified atom stereocenters. The Balaban J connectivity index is 2.01. The molecule has 3 aromatic rings. The van der Waals surface area contributed by atoms with Crippen LogP contribution >= 0.6 is 11.6 Å². The molecule has 0 amide bonds. The number of aromatic amines is 1. The van der Waals surface area contributed by atoms with E-state index < -0.39 is 5.82 Å². The molecule has 0 aliphatic heterocycles. The van der Waals surface area contributed by atoms with E-state index in [1.54, 1.807) is 12.3 Å². The molecule has 2 aromatic heterocycles. The Kier molecular flexibility index (Phi) is 3.57. The fourth-order valence-corrected chi connectivity index (χ4v) is 2.06. The molecule has 108 valence electrons. The van der Waals surface area contributed by atoms with E-state index in [1.807, 2.05) is 6.92 Å². The zero-order chi connectivity index (χ0) is 14.8. The SMILES string of the molecule is CCNc1nc(Nc2ccc(F)c(Cl)c2)c2cn[nH]c2n1. The van der Waals surface area contributed by atoms with Gasteiger partial charge in [0.25, 0.3) is 0 Å². The number of H-pyrrole nitrogens is 1. The van der Waals surface area contributed by atoms with Crippen molar-refractivity contribution in [3.05, 3.63) is 35.2 Å². The van der Waals surface area contributed by atoms with Crippen molar-refractivity contribution in [3.63, 3.8) is 0 Å². The monoisotopic (exact) mass is 306 g/mol. The second-order valence-corrected chi connectivity index (χ2v) is 4.72. The fourth-order valence-electron chi connectivity index (χ4n) is 1.88. The van der Waals surface area contributed by atoms with Gasteiger partial charge in [0.15, 0.2) is 5.65 Å². The summed E-state index contributed by atoms with van der Waals surface area (Å²) in [6.45, 7) is 2.65. The molecular formula is C13H12ClFN6. The minimum absolute atomic E-state index is 0.0457. The van der Waals surface area contributed by atoms with Gasteiger partial charge in [0.2, 0.25) is 5.95 Å². The lowest BCUT2D eigenvalue weighted by Crippen LogP contribution is -2.04. The van der Waals surface area contributed by atoms with Crippen molar-refractivity contribution >= 4 is 40.1 Å². The van der Waals surface area contributed by atoms with Crippen molar-refractivity contribution in [1.29, 1.82) is 0 Å². The molecule has 0 bridgehead atoms. The molecule has 0 aliphatic carbocycles. The van der Waals surface area contributed by atoms with Gasteiger partial charge in [-0.05, 0) is 25.1 Å². The van der Waals surface area contributed by atoms with Crippen LogP contribution in [0.4, 0.5) is 21.8 Å². The van der Waals surface area contributed by atoms with Crippen LogP contribution in [0, 0.1) is 5.82 Å². The number of hydrogen-bond donors (Lipinski definition) is 3. The lowest BCUT2D eigenvalue weighted by atomic mass is 10.3. The standard InChI is InChI=1S/C13H12ClFN6/c1-2-16-13-19-11(8-6-17-21-12(8)20-13)18-7-3-4-10(15)9(14)5-7/h3-6H,2H2,1H3,(H3,16,17,18,19,20,21). The summed E-state index contributed by atoms with van der Waals surface area (Å²) in [7, 11) is 0. The number of nitrogens with one attached hydrogen (secondary N) is 3. The highest BCUT2D eigenvalue weighted by Gasteiger charge is 2.10. The minimum Gasteiger partial charge on any atom is -0.354 e. The van der Waals surface area contributed by atoms with Crippen LogP contribution in [0.1, 0.15) is 6.92 Å². The van der Waals surface area contributed by atoms with E-state index in [0.717, 1.165) is 5.39 Å². The van der Waals surface area contributed by atoms with E-state index >= 15 is 0 Å². The maximum Gasteiger partial charge on any atom is 0.226 e. The van der Waals surface area contributed by atoms with Crippen molar-refractivity contribution in [2.45, 2.75) is 6.92 Å². The first-order chi connectivity index (χ1) is 10.2. The predicted octanol–water partition coefficient (Wildman–Crippen LogP) is 3.32. The third kappa shape index (κ3) is 2.73. The molecule has 6 nitrogen and oxygen atoms in total. The highest BCUT2D eigenvalue weighted by molar-refractivity contribution is 6.31. The molecule has 0 atom stereocenters. The van der Waals surface area contributed by atoms with Crippen LogP contribution in [0.5, 0.6) is 0 Å². The van der Waals surface area contributed by atoms with E-state index in [9.17, 15) is 4.39 Å². The molecule has 3 rings (SSSR count). The van der Waals surface area contributed by atoms with Crippen molar-refractivity contribution in [2.24, 2.45) is 0 Å². The van der Waals surface area contributed by atoms with Crippen LogP contribution in [0.25, 0.3) is 11.0 Å². The number of benzene rings is 1. The van der Waals surface area contributed by atoms with Crippen LogP contribution in [-0.4, -0.2) is 26.7 Å². The van der Waals surface area contributed by atoms with Crippen LogP contribution in [0.3, 0.4) is 0 Å². The molecule has 3 N–H and O–H groups in total. The Hall–Kier alpha value is -2.41. The van der Waals surface area contributed by atoms with Gasteiger partial charge >= 0.3 is 0 Å². The van der Waals surface area contributed by atoms with Gasteiger partial charge in [0, 0.05) is 12.2 Å². The quantitative estimate of drug-likeness (QED) is 0.689. The van der Waals surface area contributed by atoms with Gasteiger partial charge in [0.1, 0.15) is 11.6 Å². The number of rotatable bonds is 4. The van der Waals surface area contributed by atoms with Gasteiger partial charge in [-0.1, -0.05) is 11.6 Å². The van der Waals surface area contributed by atoms with E-state index in [2.05, 4.69) is 30.8 Å². The largest absolute Gasteiger partial charge is 0.354 e. The highest BCUT2D eigenvalue weighted by atomic mass is 35.5. The first-order valence-corrected chi connectivity index (χ1v) is 6.72. The molecule has 21 heavy (non-hydrogen) atoms. The lowest BCUT2D eigenvalue weighted by Gasteiger charge is -2.09. The third-order valence-corrected chi connectivity index (χ3v) is 3.12. The summed E-state index contributed by atoms with van der Waals surface area (Å²) in [5, 5.41) is 13.7. The summed E-state index contributed by atoms with van der Waals surface area (Å²) >= 11 is 5.78. The maximum atomic E-state index is 13.2. The zero-order valence-electron chi connectivity index (χ0n) is 11.1. The van der Waals surface area contributed by atoms with Crippen molar-refractivity contribution in [3.8, 4) is 0 Å². The fraction of sp³-hybridized carbons (Fsp3) is 0.154. The molecule has 0 radical (unpaired) electrons. The first kappa shape index (κ1) is 13.6. The molecule has 0 aliphatic rings. The molecule has 0 saturated carbocycles. The Bertz CT molecular complexity index is 787. The average Bonchev–Trinajstić information content (AvgIpc) is 2.92. The predicted molar refractivity (Wildman–Crippen MR) is 80.5 cm³/mol. The molecular weight excluding hydrogens is 295 g/mol. The summed E-state index contributed by atoms with van der Waals surface area (Å²) in [5.41, 5.74) is 1.24. The smallest absolute Gasteiger partial charge is 0.226 e. The van der Waals surface area contributed by atoms with Crippen molar-refractivity contribution in [2.75, 3.05) is 17.2 Å². The first-order valence-electron chi connectivity index (χ1n) is 6.34. The van der Waals surface area contributed by atoms with Gasteiger partial charge < -0.3 is 10.6 Å². The number of nitrogens with zero attached hydrogens (tertiary/aromatic N) is 3. The molecule has 0 fully saturated rings. The number of fused-ring (bicyclic) bond motifs is 1. The Morgan fingerprint density at radius 2 is 2.19 bits per heavy atom. The van der Waals surface area contributed by atoms with E-state index in [0.29, 0.717) is 29.6 Å². The normalized spacial score (nSPS) is 10.8. The molecule has 0 saturated heterocycles. The summed E-state index contributed by atoms with van der Waals surface area (Å²) in [6.07, 6.45) is 1.62. The van der Waals surface area contributed by atoms with E-state index in [-0.39, 0.29) is 5.02 Å². The molecule has 0 spiro atoms. The van der Waals surface area contributed by atoms with Crippen molar-refractivity contribution < 1.29 is 4.39 Å². The average molecular weight is 307 g/mol. The van der Waals surface area contributed by atoms with Gasteiger partial charge in [0.05, 0.1) is 16.6 Å². The van der Waals surface area contributed by atoms with Gasteiger partial charge in [-0.15, -0.1) is 0 Å². The Morgan fingerprint density at radius 1 is 1.33 bits per heavy atom. The number of hydrogen-bond acceptors (Lipinski definition) is 5. The number of anilines is 3. The molecule has 2 heterocycles. The van der Waals surface area contributed by atoms with Gasteiger partial charge in [-0.25, -0.2) is 4.39 Å². The Labute approximate surface area is 124 Å². The molecule has 8 heteroatoms. The lowest BCUT2D eigenvalue weighted by molar-refractivity contribution is 0.628. The topological polar surface area (TPSA) is 78.5 Å². The van der Waals surface area contributed by atoms with Crippen LogP contribution in [-0.2, 0) is 0 Å². The maximum absolute atomic E-state index is 13.2. The van der Waals surface area contributed by atoms with Crippen LogP contribution in [0.2, 0.25) is 5.02 Å². The third-order valence-electron chi connectivity index (χ3n) is 2.83. The zero-order valence-corrected chi connectivity index (χ0v) is 11.9. The second kappa shape index (κ2) is 5.53. The molecule has 1 aromatic carbocycles. The number of halogens is 2. The van der Waals surface area contributed by atoms with E-state index in [1.165, 1.54) is 12.1 Å². The summed E-state index contributed by atoms with van der Waals surface area (Å²) < 4.78 is 13.2. The number of aromatic nitrogens is 4. The van der Waals surface area contributed by atoms with Gasteiger partial charge in [-0.2, -0.15) is 15.1 Å².